The smallest absolute Gasteiger partial charge is 0.0359 e. The summed E-state index contributed by atoms with van der Waals surface area (Å²) in [4.78, 5) is 2.69. The third-order valence-corrected chi connectivity index (χ3v) is 5.14. The molecule has 0 aliphatic rings. The molecule has 1 N–H and O–H groups in total. The number of rotatable bonds is 11. The summed E-state index contributed by atoms with van der Waals surface area (Å²) >= 11 is 0. The Hall–Kier alpha value is -0.0800. The van der Waals surface area contributed by atoms with Crippen molar-refractivity contribution in [2.24, 2.45) is 5.92 Å². The van der Waals surface area contributed by atoms with Gasteiger partial charge in [-0.25, -0.2) is 0 Å². The molecule has 0 rings (SSSR count). The van der Waals surface area contributed by atoms with Crippen molar-refractivity contribution in [3.8, 4) is 0 Å². The molecule has 0 saturated heterocycles. The van der Waals surface area contributed by atoms with Crippen molar-refractivity contribution >= 4 is 0 Å². The molecular weight excluding hydrogens is 232 g/mol. The average molecular weight is 271 g/mol. The normalized spacial score (nSPS) is 14.4. The lowest BCUT2D eigenvalue weighted by atomic mass is 9.74. The Balaban J connectivity index is 5.46. The highest BCUT2D eigenvalue weighted by atomic mass is 15.2. The molecule has 1 atom stereocenters. The molecule has 19 heavy (non-hydrogen) atoms. The first-order chi connectivity index (χ1) is 9.11. The van der Waals surface area contributed by atoms with Crippen LogP contribution in [0, 0.1) is 5.92 Å². The second-order valence-corrected chi connectivity index (χ2v) is 5.59. The van der Waals surface area contributed by atoms with E-state index in [2.05, 4.69) is 58.7 Å². The summed E-state index contributed by atoms with van der Waals surface area (Å²) in [5, 5.41) is 3.83. The first kappa shape index (κ1) is 18.9. The maximum atomic E-state index is 3.83. The van der Waals surface area contributed by atoms with Crippen molar-refractivity contribution in [3.05, 3.63) is 0 Å². The fraction of sp³-hybridized carbons (Fsp3) is 1.00. The summed E-state index contributed by atoms with van der Waals surface area (Å²) < 4.78 is 0. The monoisotopic (exact) mass is 270 g/mol. The van der Waals surface area contributed by atoms with E-state index in [1.807, 2.05) is 0 Å². The van der Waals surface area contributed by atoms with E-state index in [1.165, 1.54) is 25.7 Å². The Morgan fingerprint density at radius 2 is 1.32 bits per heavy atom. The van der Waals surface area contributed by atoms with Crippen molar-refractivity contribution in [1.82, 2.24) is 10.2 Å². The Morgan fingerprint density at radius 1 is 0.842 bits per heavy atom. The van der Waals surface area contributed by atoms with Crippen molar-refractivity contribution < 1.29 is 0 Å². The second kappa shape index (κ2) is 9.77. The van der Waals surface area contributed by atoms with E-state index in [-0.39, 0.29) is 0 Å². The van der Waals surface area contributed by atoms with Crippen LogP contribution in [0.15, 0.2) is 0 Å². The molecule has 0 spiro atoms. The summed E-state index contributed by atoms with van der Waals surface area (Å²) in [7, 11) is 0. The highest BCUT2D eigenvalue weighted by molar-refractivity contribution is 5.01. The van der Waals surface area contributed by atoms with Crippen molar-refractivity contribution in [3.63, 3.8) is 0 Å². The number of likely N-dealkylation sites (N-methyl/N-ethyl adjacent to an activating group) is 2. The molecule has 0 aromatic carbocycles. The van der Waals surface area contributed by atoms with Gasteiger partial charge in [0.2, 0.25) is 0 Å². The molecule has 2 nitrogen and oxygen atoms in total. The van der Waals surface area contributed by atoms with Gasteiger partial charge in [-0.3, -0.25) is 4.90 Å². The van der Waals surface area contributed by atoms with Gasteiger partial charge in [-0.15, -0.1) is 0 Å². The van der Waals surface area contributed by atoms with Gasteiger partial charge >= 0.3 is 0 Å². The molecule has 0 saturated carbocycles. The molecule has 0 fully saturated rings. The minimum absolute atomic E-state index is 0.316. The SMILES string of the molecule is CCNC(C(CC)CC)C(CC)(CC)N(CC)CC. The highest BCUT2D eigenvalue weighted by Gasteiger charge is 2.42. The van der Waals surface area contributed by atoms with E-state index in [9.17, 15) is 0 Å². The first-order valence-corrected chi connectivity index (χ1v) is 8.59. The maximum absolute atomic E-state index is 3.83. The zero-order valence-electron chi connectivity index (χ0n) is 14.6. The van der Waals surface area contributed by atoms with Gasteiger partial charge in [-0.2, -0.15) is 0 Å². The molecule has 0 amide bonds. The number of hydrogen-bond donors (Lipinski definition) is 1. The highest BCUT2D eigenvalue weighted by Crippen LogP contribution is 2.34. The molecule has 0 radical (unpaired) electrons. The largest absolute Gasteiger partial charge is 0.312 e. The van der Waals surface area contributed by atoms with Crippen LogP contribution in [0.25, 0.3) is 0 Å². The fourth-order valence-corrected chi connectivity index (χ4v) is 3.96. The van der Waals surface area contributed by atoms with Crippen molar-refractivity contribution in [1.29, 1.82) is 0 Å². The van der Waals surface area contributed by atoms with E-state index >= 15 is 0 Å². The van der Waals surface area contributed by atoms with Crippen molar-refractivity contribution in [2.75, 3.05) is 19.6 Å². The predicted molar refractivity (Wildman–Crippen MR) is 87.8 cm³/mol. The van der Waals surface area contributed by atoms with E-state index in [4.69, 9.17) is 0 Å². The zero-order valence-corrected chi connectivity index (χ0v) is 14.6. The molecular formula is C17H38N2. The summed E-state index contributed by atoms with van der Waals surface area (Å²) in [5.74, 6) is 0.778. The Bertz CT molecular complexity index is 203. The number of nitrogens with zero attached hydrogens (tertiary/aromatic N) is 1. The second-order valence-electron chi connectivity index (χ2n) is 5.59. The summed E-state index contributed by atoms with van der Waals surface area (Å²) in [6, 6.07) is 0.613. The third kappa shape index (κ3) is 4.19. The number of nitrogens with one attached hydrogen (secondary N) is 1. The lowest BCUT2D eigenvalue weighted by Gasteiger charge is -2.51. The number of hydrogen-bond acceptors (Lipinski definition) is 2. The molecule has 0 aliphatic carbocycles. The lowest BCUT2D eigenvalue weighted by Crippen LogP contribution is -2.63. The van der Waals surface area contributed by atoms with E-state index in [0.29, 0.717) is 11.6 Å². The molecule has 0 aliphatic heterocycles. The lowest BCUT2D eigenvalue weighted by molar-refractivity contribution is 0.0251. The van der Waals surface area contributed by atoms with Crippen LogP contribution in [0.4, 0.5) is 0 Å². The van der Waals surface area contributed by atoms with Crippen LogP contribution in [0.3, 0.4) is 0 Å². The molecule has 0 heterocycles. The van der Waals surface area contributed by atoms with E-state index in [0.717, 1.165) is 25.6 Å². The minimum atomic E-state index is 0.316. The fourth-order valence-electron chi connectivity index (χ4n) is 3.96. The average Bonchev–Trinajstić information content (AvgIpc) is 2.45. The van der Waals surface area contributed by atoms with Gasteiger partial charge < -0.3 is 5.32 Å². The van der Waals surface area contributed by atoms with Crippen LogP contribution in [0.1, 0.15) is 74.1 Å². The summed E-state index contributed by atoms with van der Waals surface area (Å²) in [6.07, 6.45) is 5.02. The van der Waals surface area contributed by atoms with Crippen LogP contribution in [0.2, 0.25) is 0 Å². The molecule has 116 valence electrons. The quantitative estimate of drug-likeness (QED) is 0.602. The predicted octanol–water partition coefficient (Wildman–Crippen LogP) is 4.30. The standard InChI is InChI=1S/C17H38N2/c1-8-15(9-2)16(18-12-5)17(10-3,11-4)19(13-6)14-7/h15-16,18H,8-14H2,1-7H3. The van der Waals surface area contributed by atoms with Gasteiger partial charge in [0.25, 0.3) is 0 Å². The molecule has 2 heteroatoms. The van der Waals surface area contributed by atoms with Crippen LogP contribution < -0.4 is 5.32 Å². The van der Waals surface area contributed by atoms with Crippen molar-refractivity contribution in [2.45, 2.75) is 85.7 Å². The van der Waals surface area contributed by atoms with Crippen LogP contribution >= 0.6 is 0 Å². The molecule has 1 unspecified atom stereocenters. The van der Waals surface area contributed by atoms with Gasteiger partial charge in [-0.05, 0) is 38.4 Å². The Kier molecular flexibility index (Phi) is 9.72. The topological polar surface area (TPSA) is 15.3 Å². The summed E-state index contributed by atoms with van der Waals surface area (Å²) in [6.45, 7) is 19.7. The van der Waals surface area contributed by atoms with Gasteiger partial charge in [0.1, 0.15) is 0 Å². The van der Waals surface area contributed by atoms with Crippen LogP contribution in [0.5, 0.6) is 0 Å². The van der Waals surface area contributed by atoms with Gasteiger partial charge in [0, 0.05) is 11.6 Å². The molecule has 0 aromatic heterocycles. The van der Waals surface area contributed by atoms with Crippen LogP contribution in [-0.2, 0) is 0 Å². The molecule has 0 bridgehead atoms. The van der Waals surface area contributed by atoms with Gasteiger partial charge in [0.05, 0.1) is 0 Å². The zero-order chi connectivity index (χ0) is 14.9. The van der Waals surface area contributed by atoms with Gasteiger partial charge in [0.15, 0.2) is 0 Å². The summed E-state index contributed by atoms with van der Waals surface area (Å²) in [5.41, 5.74) is 0.316. The van der Waals surface area contributed by atoms with Crippen LogP contribution in [-0.4, -0.2) is 36.1 Å². The molecule has 0 aromatic rings. The maximum Gasteiger partial charge on any atom is 0.0359 e. The Labute approximate surface area is 122 Å². The van der Waals surface area contributed by atoms with E-state index in [1.54, 1.807) is 0 Å². The Morgan fingerprint density at radius 3 is 1.58 bits per heavy atom. The minimum Gasteiger partial charge on any atom is -0.312 e. The first-order valence-electron chi connectivity index (χ1n) is 8.59. The van der Waals surface area contributed by atoms with Gasteiger partial charge in [-0.1, -0.05) is 61.3 Å². The van der Waals surface area contributed by atoms with E-state index < -0.39 is 0 Å². The third-order valence-electron chi connectivity index (χ3n) is 5.14.